The number of nitrogens with zero attached hydrogens (tertiary/aromatic N) is 1. The van der Waals surface area contributed by atoms with Crippen LogP contribution in [0.3, 0.4) is 0 Å². The molecule has 0 aromatic rings. The average Bonchev–Trinajstić information content (AvgIpc) is 2.33. The Labute approximate surface area is 83.2 Å². The van der Waals surface area contributed by atoms with Gasteiger partial charge in [0.15, 0.2) is 0 Å². The lowest BCUT2D eigenvalue weighted by atomic mass is 10.4. The number of rotatable bonds is 2. The molecular formula is C7H15F2NO3S. The van der Waals surface area contributed by atoms with Gasteiger partial charge >= 0.3 is 0 Å². The quantitative estimate of drug-likeness (QED) is 0.397. The highest BCUT2D eigenvalue weighted by Gasteiger charge is 2.25. The zero-order chi connectivity index (χ0) is 11.2. The Morgan fingerprint density at radius 2 is 1.71 bits per heavy atom. The molecule has 86 valence electrons. The second-order valence-electron chi connectivity index (χ2n) is 3.58. The molecule has 1 aliphatic rings. The maximum absolute atomic E-state index is 11.9. The fraction of sp³-hybridized carbons (Fsp3) is 1.00. The van der Waals surface area contributed by atoms with E-state index in [9.17, 15) is 8.28 Å². The Bertz CT molecular complexity index is 242. The predicted molar refractivity (Wildman–Crippen MR) is 46.8 cm³/mol. The van der Waals surface area contributed by atoms with Crippen LogP contribution in [0.25, 0.3) is 0 Å². The monoisotopic (exact) mass is 231 g/mol. The molecule has 7 heteroatoms. The first kappa shape index (κ1) is 13.7. The third-order valence-electron chi connectivity index (χ3n) is 2.27. The number of quaternary nitrogens is 1. The van der Waals surface area contributed by atoms with Crippen molar-refractivity contribution < 1.29 is 25.7 Å². The van der Waals surface area contributed by atoms with E-state index in [2.05, 4.69) is 7.05 Å². The maximum atomic E-state index is 11.9. The zero-order valence-electron chi connectivity index (χ0n) is 8.08. The molecule has 0 saturated carbocycles. The lowest BCUT2D eigenvalue weighted by Gasteiger charge is -2.27. The minimum absolute atomic E-state index is 0.156. The lowest BCUT2D eigenvalue weighted by molar-refractivity contribution is -0.897. The van der Waals surface area contributed by atoms with Crippen molar-refractivity contribution in [1.29, 1.82) is 0 Å². The molecule has 1 rings (SSSR count). The zero-order valence-corrected chi connectivity index (χ0v) is 8.90. The van der Waals surface area contributed by atoms with Crippen LogP contribution in [0.4, 0.5) is 8.28 Å². The normalized spacial score (nSPS) is 20.0. The van der Waals surface area contributed by atoms with Gasteiger partial charge < -0.3 is 9.04 Å². The smallest absolute Gasteiger partial charge is 0.255 e. The average molecular weight is 231 g/mol. The third kappa shape index (κ3) is 8.33. The number of hydrogen-bond donors (Lipinski definition) is 0. The van der Waals surface area contributed by atoms with E-state index in [0.717, 1.165) is 11.0 Å². The number of hydrogen-bond acceptors (Lipinski definition) is 3. The molecule has 4 nitrogen and oxygen atoms in total. The summed E-state index contributed by atoms with van der Waals surface area (Å²) in [4.78, 5) is 0. The summed E-state index contributed by atoms with van der Waals surface area (Å²) in [6.07, 6.45) is 2.58. The van der Waals surface area contributed by atoms with Crippen LogP contribution in [0, 0.1) is 0 Å². The van der Waals surface area contributed by atoms with Crippen LogP contribution in [0.2, 0.25) is 0 Å². The standard InChI is InChI=1S/C7H15FN.FHO3S/c1-9(7-4-8)5-2-3-6-9;1-5(2,3)4/h2-7H2,1H3;(H,2,3,4)/q+1;/p-1. The van der Waals surface area contributed by atoms with Gasteiger partial charge in [-0.1, -0.05) is 0 Å². The molecule has 0 aromatic carbocycles. The van der Waals surface area contributed by atoms with Gasteiger partial charge in [0.05, 0.1) is 20.1 Å². The van der Waals surface area contributed by atoms with Gasteiger partial charge in [-0.25, -0.2) is 12.8 Å². The SMILES string of the molecule is C[N+]1(CCF)CCCC1.O=S(=O)([O-])F. The van der Waals surface area contributed by atoms with E-state index in [1.54, 1.807) is 0 Å². The van der Waals surface area contributed by atoms with E-state index >= 15 is 0 Å². The molecule has 0 unspecified atom stereocenters. The van der Waals surface area contributed by atoms with Crippen molar-refractivity contribution in [3.63, 3.8) is 0 Å². The number of alkyl halides is 1. The molecule has 0 aromatic heterocycles. The van der Waals surface area contributed by atoms with Gasteiger partial charge in [0, 0.05) is 12.8 Å². The van der Waals surface area contributed by atoms with Crippen molar-refractivity contribution >= 4 is 10.5 Å². The third-order valence-corrected chi connectivity index (χ3v) is 2.27. The van der Waals surface area contributed by atoms with Gasteiger partial charge in [-0.3, -0.25) is 0 Å². The highest BCUT2D eigenvalue weighted by Crippen LogP contribution is 2.15. The molecule has 0 radical (unpaired) electrons. The Morgan fingerprint density at radius 3 is 2.00 bits per heavy atom. The van der Waals surface area contributed by atoms with E-state index in [1.807, 2.05) is 0 Å². The van der Waals surface area contributed by atoms with E-state index in [1.165, 1.54) is 25.9 Å². The summed E-state index contributed by atoms with van der Waals surface area (Å²) in [6, 6.07) is 0. The van der Waals surface area contributed by atoms with Crippen LogP contribution in [0.15, 0.2) is 0 Å². The fourth-order valence-electron chi connectivity index (χ4n) is 1.53. The van der Waals surface area contributed by atoms with Crippen molar-refractivity contribution in [2.24, 2.45) is 0 Å². The Morgan fingerprint density at radius 1 is 1.36 bits per heavy atom. The topological polar surface area (TPSA) is 57.2 Å². The van der Waals surface area contributed by atoms with E-state index in [4.69, 9.17) is 13.0 Å². The summed E-state index contributed by atoms with van der Waals surface area (Å²) >= 11 is 0. The first-order valence-electron chi connectivity index (χ1n) is 4.32. The molecular weight excluding hydrogens is 216 g/mol. The van der Waals surface area contributed by atoms with Crippen molar-refractivity contribution in [1.82, 2.24) is 0 Å². The summed E-state index contributed by atoms with van der Waals surface area (Å²) in [7, 11) is -3.27. The lowest BCUT2D eigenvalue weighted by Crippen LogP contribution is -2.42. The summed E-state index contributed by atoms with van der Waals surface area (Å²) in [5.74, 6) is 0. The molecule has 1 heterocycles. The van der Waals surface area contributed by atoms with Crippen LogP contribution in [0.1, 0.15) is 12.8 Å². The molecule has 0 bridgehead atoms. The second-order valence-corrected chi connectivity index (χ2v) is 4.37. The van der Waals surface area contributed by atoms with Crippen LogP contribution >= 0.6 is 0 Å². The van der Waals surface area contributed by atoms with E-state index in [-0.39, 0.29) is 6.67 Å². The van der Waals surface area contributed by atoms with Gasteiger partial charge in [-0.15, -0.1) is 3.89 Å². The molecule has 0 N–H and O–H groups in total. The fourth-order valence-corrected chi connectivity index (χ4v) is 1.53. The number of halogens is 2. The molecule has 0 amide bonds. The summed E-state index contributed by atoms with van der Waals surface area (Å²) in [5, 5.41) is 0. The largest absolute Gasteiger partial charge is 0.722 e. The van der Waals surface area contributed by atoms with Crippen molar-refractivity contribution in [2.45, 2.75) is 12.8 Å². The van der Waals surface area contributed by atoms with E-state index < -0.39 is 10.5 Å². The number of likely N-dealkylation sites (tertiary alicyclic amines) is 1. The van der Waals surface area contributed by atoms with Crippen LogP contribution in [0.5, 0.6) is 0 Å². The Balaban J connectivity index is 0.000000292. The second kappa shape index (κ2) is 5.57. The molecule has 0 atom stereocenters. The van der Waals surface area contributed by atoms with Crippen molar-refractivity contribution in [3.8, 4) is 0 Å². The van der Waals surface area contributed by atoms with Crippen LogP contribution in [-0.2, 0) is 10.5 Å². The maximum Gasteiger partial charge on any atom is 0.255 e. The summed E-state index contributed by atoms with van der Waals surface area (Å²) < 4.78 is 48.2. The summed E-state index contributed by atoms with van der Waals surface area (Å²) in [6.45, 7) is 2.93. The van der Waals surface area contributed by atoms with Gasteiger partial charge in [0.1, 0.15) is 13.2 Å². The molecule has 0 spiro atoms. The molecule has 1 fully saturated rings. The Hall–Kier alpha value is -0.270. The molecule has 1 saturated heterocycles. The molecule has 0 aliphatic carbocycles. The minimum atomic E-state index is -5.42. The Kier molecular flexibility index (Phi) is 5.46. The highest BCUT2D eigenvalue weighted by molar-refractivity contribution is 7.80. The minimum Gasteiger partial charge on any atom is -0.722 e. The highest BCUT2D eigenvalue weighted by atomic mass is 32.3. The van der Waals surface area contributed by atoms with Crippen molar-refractivity contribution in [3.05, 3.63) is 0 Å². The van der Waals surface area contributed by atoms with Gasteiger partial charge in [-0.2, -0.15) is 0 Å². The predicted octanol–water partition coefficient (Wildman–Crippen LogP) is 0.612. The van der Waals surface area contributed by atoms with Gasteiger partial charge in [-0.05, 0) is 0 Å². The van der Waals surface area contributed by atoms with Crippen LogP contribution in [-0.4, -0.2) is 50.8 Å². The van der Waals surface area contributed by atoms with Crippen molar-refractivity contribution in [2.75, 3.05) is 33.4 Å². The first-order chi connectivity index (χ1) is 6.27. The van der Waals surface area contributed by atoms with Crippen LogP contribution < -0.4 is 0 Å². The summed E-state index contributed by atoms with van der Waals surface area (Å²) in [5.41, 5.74) is 0. The van der Waals surface area contributed by atoms with E-state index in [0.29, 0.717) is 0 Å². The molecule has 1 aliphatic heterocycles. The van der Waals surface area contributed by atoms with Gasteiger partial charge in [0.2, 0.25) is 0 Å². The van der Waals surface area contributed by atoms with Gasteiger partial charge in [0.25, 0.3) is 10.5 Å². The first-order valence-corrected chi connectivity index (χ1v) is 5.63. The molecule has 14 heavy (non-hydrogen) atoms.